The van der Waals surface area contributed by atoms with Gasteiger partial charge in [-0.1, -0.05) is 121 Å². The Labute approximate surface area is 254 Å². The van der Waals surface area contributed by atoms with Crippen LogP contribution in [-0.2, 0) is 15.7 Å². The van der Waals surface area contributed by atoms with Crippen LogP contribution in [0.25, 0.3) is 0 Å². The van der Waals surface area contributed by atoms with Crippen LogP contribution < -0.4 is 10.2 Å². The van der Waals surface area contributed by atoms with E-state index in [1.165, 1.54) is 95.1 Å². The maximum Gasteiger partial charge on any atom is 0.497 e. The van der Waals surface area contributed by atoms with Gasteiger partial charge in [0.25, 0.3) is 0 Å². The highest BCUT2D eigenvalue weighted by molar-refractivity contribution is 6.61. The highest BCUT2D eigenvalue weighted by Gasteiger charge is 2.34. The first-order chi connectivity index (χ1) is 20.6. The monoisotopic (exact) mass is 582 g/mol. The van der Waals surface area contributed by atoms with Crippen molar-refractivity contribution < 1.29 is 22.8 Å². The van der Waals surface area contributed by atoms with Gasteiger partial charge >= 0.3 is 7.12 Å². The summed E-state index contributed by atoms with van der Waals surface area (Å²) in [5.41, 5.74) is 2.61. The summed E-state index contributed by atoms with van der Waals surface area (Å²) in [7, 11) is -0.913. The minimum atomic E-state index is -0.952. The van der Waals surface area contributed by atoms with Gasteiger partial charge in [0.05, 0.1) is 6.61 Å². The van der Waals surface area contributed by atoms with Crippen molar-refractivity contribution >= 4 is 12.6 Å². The molecule has 4 rings (SSSR count). The Morgan fingerprint density at radius 2 is 1.33 bits per heavy atom. The number of unbranched alkanes of at least 4 members (excludes halogenated alkanes) is 8. The fourth-order valence-corrected chi connectivity index (χ4v) is 6.54. The first-order valence-electron chi connectivity index (χ1n) is 17.0. The third kappa shape index (κ3) is 10.1. The molecule has 1 aliphatic carbocycles. The van der Waals surface area contributed by atoms with E-state index in [1.54, 1.807) is 6.07 Å². The summed E-state index contributed by atoms with van der Waals surface area (Å²) < 4.78 is 47.6. The third-order valence-corrected chi connectivity index (χ3v) is 9.41. The van der Waals surface area contributed by atoms with Crippen LogP contribution in [0.5, 0.6) is 5.75 Å². The van der Waals surface area contributed by atoms with E-state index in [1.807, 2.05) is 0 Å². The fraction of sp³-hybridized carbons (Fsp3) is 0.667. The zero-order valence-electron chi connectivity index (χ0n) is 26.2. The summed E-state index contributed by atoms with van der Waals surface area (Å²) in [6.07, 6.45) is 20.2. The summed E-state index contributed by atoms with van der Waals surface area (Å²) in [5.74, 6) is -0.615. The van der Waals surface area contributed by atoms with E-state index < -0.39 is 18.8 Å². The van der Waals surface area contributed by atoms with Gasteiger partial charge in [-0.15, -0.1) is 0 Å². The normalized spacial score (nSPS) is 19.8. The van der Waals surface area contributed by atoms with Crippen LogP contribution in [0.1, 0.15) is 127 Å². The predicted octanol–water partition coefficient (Wildman–Crippen LogP) is 9.55. The lowest BCUT2D eigenvalue weighted by molar-refractivity contribution is 0.120. The summed E-state index contributed by atoms with van der Waals surface area (Å²) in [5, 5.41) is 0. The van der Waals surface area contributed by atoms with E-state index in [9.17, 15) is 4.39 Å². The molecule has 1 saturated carbocycles. The average molecular weight is 583 g/mol. The SMILES string of the molecule is CCCCCCCCCc1ccc(C2COB(c3ccc(OCC4CCC(CCCCC)CC4)c(F)c3F)OC2)cc1. The van der Waals surface area contributed by atoms with Crippen molar-refractivity contribution in [3.8, 4) is 5.75 Å². The van der Waals surface area contributed by atoms with E-state index in [4.69, 9.17) is 14.0 Å². The van der Waals surface area contributed by atoms with Crippen LogP contribution in [0.4, 0.5) is 8.78 Å². The first kappa shape index (κ1) is 33.0. The van der Waals surface area contributed by atoms with E-state index in [-0.39, 0.29) is 17.1 Å². The number of ether oxygens (including phenoxy) is 1. The molecule has 0 atom stereocenters. The molecule has 1 aliphatic heterocycles. The third-order valence-electron chi connectivity index (χ3n) is 9.41. The van der Waals surface area contributed by atoms with Gasteiger partial charge in [-0.2, -0.15) is 4.39 Å². The lowest BCUT2D eigenvalue weighted by Crippen LogP contribution is -2.45. The zero-order chi connectivity index (χ0) is 29.6. The molecule has 0 amide bonds. The van der Waals surface area contributed by atoms with Gasteiger partial charge in [0.1, 0.15) is 0 Å². The predicted molar refractivity (Wildman–Crippen MR) is 170 cm³/mol. The number of aryl methyl sites for hydroxylation is 1. The van der Waals surface area contributed by atoms with Gasteiger partial charge in [-0.25, -0.2) is 4.39 Å². The van der Waals surface area contributed by atoms with Gasteiger partial charge in [0.2, 0.25) is 0 Å². The van der Waals surface area contributed by atoms with Crippen LogP contribution >= 0.6 is 0 Å². The largest absolute Gasteiger partial charge is 0.497 e. The van der Waals surface area contributed by atoms with Gasteiger partial charge < -0.3 is 14.0 Å². The maximum absolute atomic E-state index is 15.1. The van der Waals surface area contributed by atoms with Crippen molar-refractivity contribution in [2.24, 2.45) is 11.8 Å². The lowest BCUT2D eigenvalue weighted by Gasteiger charge is -2.29. The highest BCUT2D eigenvalue weighted by Crippen LogP contribution is 2.33. The van der Waals surface area contributed by atoms with E-state index >= 15 is 4.39 Å². The Hall–Kier alpha value is -1.92. The molecule has 1 saturated heterocycles. The summed E-state index contributed by atoms with van der Waals surface area (Å²) >= 11 is 0. The minimum Gasteiger partial charge on any atom is -0.490 e. The van der Waals surface area contributed by atoms with Crippen molar-refractivity contribution in [3.05, 3.63) is 59.2 Å². The molecule has 2 aromatic carbocycles. The van der Waals surface area contributed by atoms with E-state index in [0.29, 0.717) is 25.7 Å². The second-order valence-corrected chi connectivity index (χ2v) is 12.8. The van der Waals surface area contributed by atoms with Crippen LogP contribution in [0.3, 0.4) is 0 Å². The topological polar surface area (TPSA) is 27.7 Å². The highest BCUT2D eigenvalue weighted by atomic mass is 19.2. The second-order valence-electron chi connectivity index (χ2n) is 12.8. The Kier molecular flexibility index (Phi) is 14.2. The number of hydrogen-bond donors (Lipinski definition) is 0. The molecule has 0 spiro atoms. The molecular formula is C36H53BF2O3. The summed E-state index contributed by atoms with van der Waals surface area (Å²) in [6.45, 7) is 5.74. The van der Waals surface area contributed by atoms with Crippen molar-refractivity contribution in [1.82, 2.24) is 0 Å². The van der Waals surface area contributed by atoms with E-state index in [2.05, 4.69) is 38.1 Å². The van der Waals surface area contributed by atoms with Crippen LogP contribution in [0.2, 0.25) is 0 Å². The molecule has 42 heavy (non-hydrogen) atoms. The molecule has 0 bridgehead atoms. The summed E-state index contributed by atoms with van der Waals surface area (Å²) in [6, 6.07) is 11.8. The van der Waals surface area contributed by atoms with Gasteiger partial charge in [0.15, 0.2) is 17.4 Å². The van der Waals surface area contributed by atoms with Crippen molar-refractivity contribution in [3.63, 3.8) is 0 Å². The van der Waals surface area contributed by atoms with Crippen LogP contribution in [0.15, 0.2) is 36.4 Å². The molecule has 2 aromatic rings. The van der Waals surface area contributed by atoms with Gasteiger partial charge in [-0.3, -0.25) is 0 Å². The molecular weight excluding hydrogens is 529 g/mol. The van der Waals surface area contributed by atoms with Gasteiger partial charge in [-0.05, 0) is 54.7 Å². The van der Waals surface area contributed by atoms with Crippen LogP contribution in [-0.4, -0.2) is 26.9 Å². The van der Waals surface area contributed by atoms with Crippen molar-refractivity contribution in [1.29, 1.82) is 0 Å². The average Bonchev–Trinajstić information content (AvgIpc) is 3.02. The number of rotatable bonds is 17. The number of halogens is 2. The standard InChI is InChI=1S/C36H53BF2O3/c1-3-5-7-8-9-10-12-14-29-19-21-31(22-20-29)32-26-41-37(42-27-32)33-23-24-34(36(39)35(33)38)40-25-30-17-15-28(16-18-30)13-11-6-4-2/h19-24,28,30,32H,3-18,25-27H2,1-2H3. The molecule has 1 heterocycles. The van der Waals surface area contributed by atoms with Crippen LogP contribution in [0, 0.1) is 23.5 Å². The van der Waals surface area contributed by atoms with E-state index in [0.717, 1.165) is 30.7 Å². The Bertz CT molecular complexity index is 1030. The molecule has 0 radical (unpaired) electrons. The Morgan fingerprint density at radius 1 is 0.714 bits per heavy atom. The number of benzene rings is 2. The maximum atomic E-state index is 15.1. The minimum absolute atomic E-state index is 0.0217. The van der Waals surface area contributed by atoms with Crippen molar-refractivity contribution in [2.75, 3.05) is 19.8 Å². The molecule has 0 N–H and O–H groups in total. The van der Waals surface area contributed by atoms with Crippen molar-refractivity contribution in [2.45, 2.75) is 122 Å². The quantitative estimate of drug-likeness (QED) is 0.137. The smallest absolute Gasteiger partial charge is 0.490 e. The summed E-state index contributed by atoms with van der Waals surface area (Å²) in [4.78, 5) is 0. The molecule has 2 fully saturated rings. The zero-order valence-corrected chi connectivity index (χ0v) is 26.2. The fourth-order valence-electron chi connectivity index (χ4n) is 6.54. The Balaban J connectivity index is 1.18. The van der Waals surface area contributed by atoms with Gasteiger partial charge in [0, 0.05) is 24.6 Å². The molecule has 232 valence electrons. The second kappa shape index (κ2) is 18.0. The Morgan fingerprint density at radius 3 is 2.02 bits per heavy atom. The molecule has 2 aliphatic rings. The molecule has 3 nitrogen and oxygen atoms in total. The lowest BCUT2D eigenvalue weighted by atomic mass is 9.76. The molecule has 0 aromatic heterocycles. The number of hydrogen-bond acceptors (Lipinski definition) is 3. The molecule has 0 unspecified atom stereocenters. The first-order valence-corrected chi connectivity index (χ1v) is 17.0. The molecule has 6 heteroatoms.